The molecule has 3 atom stereocenters. The number of nitrogens with zero attached hydrogens (tertiary/aromatic N) is 1. The summed E-state index contributed by atoms with van der Waals surface area (Å²) in [6.07, 6.45) is 4.62. The summed E-state index contributed by atoms with van der Waals surface area (Å²) in [5.74, 6) is 2.99. The van der Waals surface area contributed by atoms with Gasteiger partial charge in [-0.2, -0.15) is 0 Å². The van der Waals surface area contributed by atoms with Gasteiger partial charge in [0.15, 0.2) is 0 Å². The third-order valence-electron chi connectivity index (χ3n) is 4.41. The van der Waals surface area contributed by atoms with E-state index in [1.165, 1.54) is 19.3 Å². The topological polar surface area (TPSA) is 37.0 Å². The van der Waals surface area contributed by atoms with Crippen LogP contribution in [0.3, 0.4) is 0 Å². The van der Waals surface area contributed by atoms with Gasteiger partial charge in [0.05, 0.1) is 10.0 Å². The molecule has 1 aliphatic rings. The molecule has 2 rings (SSSR count). The second-order valence-corrected chi connectivity index (χ2v) is 7.00. The van der Waals surface area contributed by atoms with Crippen LogP contribution in [-0.2, 0) is 0 Å². The molecule has 0 bridgehead atoms. The quantitative estimate of drug-likeness (QED) is 0.754. The summed E-state index contributed by atoms with van der Waals surface area (Å²) < 4.78 is 0. The standard InChI is InChI=1S/C16H25Cl2N3/c1-4-7-19-15-13(17)9-14(18)16(21-15)20-12-6-5-10(2)11(3)8-12/h9-12H,4-8H2,1-3H3,(H2,19,20,21). The van der Waals surface area contributed by atoms with Gasteiger partial charge >= 0.3 is 0 Å². The Morgan fingerprint density at radius 3 is 2.52 bits per heavy atom. The van der Waals surface area contributed by atoms with E-state index in [-0.39, 0.29) is 0 Å². The average Bonchev–Trinajstić information content (AvgIpc) is 2.44. The van der Waals surface area contributed by atoms with Crippen molar-refractivity contribution in [2.45, 2.75) is 52.5 Å². The fourth-order valence-electron chi connectivity index (χ4n) is 2.81. The molecule has 0 aliphatic heterocycles. The smallest absolute Gasteiger partial charge is 0.147 e. The number of halogens is 2. The van der Waals surface area contributed by atoms with Gasteiger partial charge in [-0.15, -0.1) is 0 Å². The summed E-state index contributed by atoms with van der Waals surface area (Å²) in [7, 11) is 0. The van der Waals surface area contributed by atoms with Crippen LogP contribution in [0.25, 0.3) is 0 Å². The van der Waals surface area contributed by atoms with Crippen molar-refractivity contribution in [2.24, 2.45) is 11.8 Å². The first kappa shape index (κ1) is 16.7. The van der Waals surface area contributed by atoms with Crippen LogP contribution in [0.4, 0.5) is 11.6 Å². The van der Waals surface area contributed by atoms with E-state index in [0.717, 1.165) is 30.6 Å². The van der Waals surface area contributed by atoms with Crippen LogP contribution in [0.15, 0.2) is 6.07 Å². The number of hydrogen-bond donors (Lipinski definition) is 2. The van der Waals surface area contributed by atoms with Gasteiger partial charge in [0, 0.05) is 12.6 Å². The van der Waals surface area contributed by atoms with Crippen LogP contribution in [0, 0.1) is 11.8 Å². The molecule has 1 aromatic heterocycles. The summed E-state index contributed by atoms with van der Waals surface area (Å²) in [5.41, 5.74) is 0. The molecule has 3 nitrogen and oxygen atoms in total. The lowest BCUT2D eigenvalue weighted by Gasteiger charge is -2.33. The number of aromatic nitrogens is 1. The van der Waals surface area contributed by atoms with Crippen molar-refractivity contribution in [3.8, 4) is 0 Å². The lowest BCUT2D eigenvalue weighted by Crippen LogP contribution is -2.30. The Morgan fingerprint density at radius 1 is 1.14 bits per heavy atom. The maximum atomic E-state index is 6.28. The zero-order valence-corrected chi connectivity index (χ0v) is 14.6. The third kappa shape index (κ3) is 4.40. The third-order valence-corrected chi connectivity index (χ3v) is 4.99. The molecule has 1 aliphatic carbocycles. The molecular weight excluding hydrogens is 305 g/mol. The fraction of sp³-hybridized carbons (Fsp3) is 0.688. The van der Waals surface area contributed by atoms with E-state index in [0.29, 0.717) is 21.9 Å². The zero-order chi connectivity index (χ0) is 15.4. The largest absolute Gasteiger partial charge is 0.369 e. The Labute approximate surface area is 137 Å². The Hall–Kier alpha value is -0.670. The molecule has 0 spiro atoms. The Balaban J connectivity index is 2.08. The maximum Gasteiger partial charge on any atom is 0.147 e. The SMILES string of the molecule is CCCNc1nc(NC2CCC(C)C(C)C2)c(Cl)cc1Cl. The summed E-state index contributed by atoms with van der Waals surface area (Å²) in [6, 6.07) is 2.21. The van der Waals surface area contributed by atoms with Gasteiger partial charge < -0.3 is 10.6 Å². The minimum Gasteiger partial charge on any atom is -0.369 e. The van der Waals surface area contributed by atoms with Crippen LogP contribution in [0.5, 0.6) is 0 Å². The van der Waals surface area contributed by atoms with E-state index in [1.54, 1.807) is 6.07 Å². The van der Waals surface area contributed by atoms with Gasteiger partial charge in [-0.3, -0.25) is 0 Å². The van der Waals surface area contributed by atoms with Crippen molar-refractivity contribution in [3.63, 3.8) is 0 Å². The predicted molar refractivity (Wildman–Crippen MR) is 92.6 cm³/mol. The summed E-state index contributed by atoms with van der Waals surface area (Å²) in [6.45, 7) is 7.62. The second kappa shape index (κ2) is 7.55. The summed E-state index contributed by atoms with van der Waals surface area (Å²) >= 11 is 12.5. The van der Waals surface area contributed by atoms with Crippen LogP contribution >= 0.6 is 23.2 Å². The van der Waals surface area contributed by atoms with E-state index >= 15 is 0 Å². The van der Waals surface area contributed by atoms with Crippen molar-refractivity contribution in [1.82, 2.24) is 4.98 Å². The Bertz CT molecular complexity index is 479. The first-order chi connectivity index (χ1) is 10.0. The lowest BCUT2D eigenvalue weighted by atomic mass is 9.79. The molecule has 118 valence electrons. The molecule has 21 heavy (non-hydrogen) atoms. The first-order valence-corrected chi connectivity index (χ1v) is 8.63. The van der Waals surface area contributed by atoms with Crippen molar-refractivity contribution in [1.29, 1.82) is 0 Å². The Kier molecular flexibility index (Phi) is 6.00. The van der Waals surface area contributed by atoms with Gasteiger partial charge in [-0.1, -0.05) is 44.0 Å². The normalized spacial score (nSPS) is 25.7. The predicted octanol–water partition coefficient (Wildman–Crippen LogP) is 5.45. The number of pyridine rings is 1. The number of hydrogen-bond acceptors (Lipinski definition) is 3. The number of anilines is 2. The van der Waals surface area contributed by atoms with Crippen LogP contribution in [0.2, 0.25) is 10.0 Å². The number of rotatable bonds is 5. The van der Waals surface area contributed by atoms with Crippen LogP contribution in [0.1, 0.15) is 46.5 Å². The van der Waals surface area contributed by atoms with E-state index in [9.17, 15) is 0 Å². The van der Waals surface area contributed by atoms with Crippen molar-refractivity contribution >= 4 is 34.8 Å². The zero-order valence-electron chi connectivity index (χ0n) is 13.0. The maximum absolute atomic E-state index is 6.28. The molecule has 5 heteroatoms. The molecule has 0 amide bonds. The van der Waals surface area contributed by atoms with Crippen LogP contribution in [-0.4, -0.2) is 17.6 Å². The van der Waals surface area contributed by atoms with Crippen LogP contribution < -0.4 is 10.6 Å². The van der Waals surface area contributed by atoms with Gasteiger partial charge in [0.25, 0.3) is 0 Å². The first-order valence-electron chi connectivity index (χ1n) is 7.87. The monoisotopic (exact) mass is 329 g/mol. The highest BCUT2D eigenvalue weighted by atomic mass is 35.5. The molecule has 0 radical (unpaired) electrons. The van der Waals surface area contributed by atoms with Gasteiger partial charge in [-0.05, 0) is 43.6 Å². The van der Waals surface area contributed by atoms with Crippen molar-refractivity contribution in [2.75, 3.05) is 17.2 Å². The van der Waals surface area contributed by atoms with E-state index < -0.39 is 0 Å². The lowest BCUT2D eigenvalue weighted by molar-refractivity contribution is 0.260. The highest BCUT2D eigenvalue weighted by Gasteiger charge is 2.25. The molecule has 1 aromatic rings. The molecule has 3 unspecified atom stereocenters. The average molecular weight is 330 g/mol. The molecule has 1 heterocycles. The molecule has 0 saturated heterocycles. The van der Waals surface area contributed by atoms with Gasteiger partial charge in [0.2, 0.25) is 0 Å². The van der Waals surface area contributed by atoms with E-state index in [4.69, 9.17) is 23.2 Å². The highest BCUT2D eigenvalue weighted by molar-refractivity contribution is 6.37. The molecular formula is C16H25Cl2N3. The second-order valence-electron chi connectivity index (χ2n) is 6.18. The van der Waals surface area contributed by atoms with E-state index in [1.807, 2.05) is 0 Å². The summed E-state index contributed by atoms with van der Waals surface area (Å²) in [5, 5.41) is 7.91. The Morgan fingerprint density at radius 2 is 1.86 bits per heavy atom. The van der Waals surface area contributed by atoms with Crippen molar-refractivity contribution in [3.05, 3.63) is 16.1 Å². The summed E-state index contributed by atoms with van der Waals surface area (Å²) in [4.78, 5) is 4.56. The minimum absolute atomic E-state index is 0.446. The molecule has 2 N–H and O–H groups in total. The number of nitrogens with one attached hydrogen (secondary N) is 2. The fourth-order valence-corrected chi connectivity index (χ4v) is 3.29. The molecule has 1 saturated carbocycles. The van der Waals surface area contributed by atoms with Gasteiger partial charge in [0.1, 0.15) is 11.6 Å². The minimum atomic E-state index is 0.446. The van der Waals surface area contributed by atoms with Crippen molar-refractivity contribution < 1.29 is 0 Å². The van der Waals surface area contributed by atoms with E-state index in [2.05, 4.69) is 36.4 Å². The highest BCUT2D eigenvalue weighted by Crippen LogP contribution is 2.34. The molecule has 1 fully saturated rings. The molecule has 0 aromatic carbocycles. The van der Waals surface area contributed by atoms with Gasteiger partial charge in [-0.25, -0.2) is 4.98 Å².